The highest BCUT2D eigenvalue weighted by atomic mass is 35.5. The van der Waals surface area contributed by atoms with Gasteiger partial charge in [-0.05, 0) is 30.2 Å². The molecule has 0 N–H and O–H groups in total. The largest absolute Gasteiger partial charge is 0.384 e. The van der Waals surface area contributed by atoms with Crippen molar-refractivity contribution in [2.45, 2.75) is 12.3 Å². The molecular formula is C8H6ClF2NO. The summed E-state index contributed by atoms with van der Waals surface area (Å²) in [6, 6.07) is 1.31. The summed E-state index contributed by atoms with van der Waals surface area (Å²) in [4.78, 5) is 14.5. The van der Waals surface area contributed by atoms with Gasteiger partial charge in [0.25, 0.3) is 0 Å². The molecule has 1 aromatic rings. The van der Waals surface area contributed by atoms with Gasteiger partial charge in [0.15, 0.2) is 0 Å². The van der Waals surface area contributed by atoms with Gasteiger partial charge in [-0.25, -0.2) is 0 Å². The van der Waals surface area contributed by atoms with Crippen molar-refractivity contribution < 1.29 is 13.6 Å². The number of nitrogens with zero attached hydrogens (tertiary/aromatic N) is 1. The first-order valence-corrected chi connectivity index (χ1v) is 3.82. The zero-order valence-corrected chi connectivity index (χ0v) is 7.48. The van der Waals surface area contributed by atoms with E-state index in [2.05, 4.69) is 16.6 Å². The number of Topliss-reactive ketones (excluding diaryl/α,β-unsaturated/α-hetero) is 1. The molecule has 1 rings (SSSR count). The molecule has 0 unspecified atom stereocenters. The molecule has 0 radical (unpaired) electrons. The Morgan fingerprint density at radius 1 is 1.54 bits per heavy atom. The number of halogens is 3. The van der Waals surface area contributed by atoms with Crippen LogP contribution in [0.5, 0.6) is 0 Å². The van der Waals surface area contributed by atoms with Gasteiger partial charge in [0.2, 0.25) is 5.78 Å². The maximum absolute atomic E-state index is 12.3. The molecule has 0 aliphatic heterocycles. The van der Waals surface area contributed by atoms with Crippen LogP contribution in [0.4, 0.5) is 8.78 Å². The normalized spacial score (nSPS) is 11.4. The molecule has 0 aliphatic rings. The van der Waals surface area contributed by atoms with Crippen molar-refractivity contribution in [1.82, 2.24) is 4.98 Å². The zero-order chi connectivity index (χ0) is 10.1. The first-order chi connectivity index (χ1) is 5.91. The Kier molecular flexibility index (Phi) is 2.61. The van der Waals surface area contributed by atoms with E-state index in [1.54, 1.807) is 6.92 Å². The molecule has 1 heterocycles. The Bertz CT molecular complexity index is 335. The second-order valence-electron chi connectivity index (χ2n) is 2.58. The van der Waals surface area contributed by atoms with Crippen molar-refractivity contribution in [3.63, 3.8) is 0 Å². The highest BCUT2D eigenvalue weighted by Crippen LogP contribution is 2.24. The monoisotopic (exact) mass is 205 g/mol. The first kappa shape index (κ1) is 10.1. The summed E-state index contributed by atoms with van der Waals surface area (Å²) >= 11 is 4.56. The summed E-state index contributed by atoms with van der Waals surface area (Å²) in [7, 11) is 0. The van der Waals surface area contributed by atoms with Crippen LogP contribution in [0.3, 0.4) is 0 Å². The Hall–Kier alpha value is -1.03. The van der Waals surface area contributed by atoms with E-state index < -0.39 is 11.2 Å². The van der Waals surface area contributed by atoms with E-state index in [4.69, 9.17) is 0 Å². The smallest absolute Gasteiger partial charge is 0.286 e. The summed E-state index contributed by atoms with van der Waals surface area (Å²) in [5, 5.41) is -3.85. The lowest BCUT2D eigenvalue weighted by Crippen LogP contribution is -2.21. The highest BCUT2D eigenvalue weighted by Gasteiger charge is 2.36. The Morgan fingerprint density at radius 2 is 2.15 bits per heavy atom. The molecule has 0 fully saturated rings. The van der Waals surface area contributed by atoms with Gasteiger partial charge in [-0.1, -0.05) is 0 Å². The number of pyridine rings is 1. The van der Waals surface area contributed by atoms with Gasteiger partial charge in [-0.3, -0.25) is 9.78 Å². The molecule has 0 saturated carbocycles. The number of hydrogen-bond acceptors (Lipinski definition) is 2. The second kappa shape index (κ2) is 3.38. The van der Waals surface area contributed by atoms with Gasteiger partial charge in [0.1, 0.15) is 0 Å². The number of aromatic nitrogens is 1. The van der Waals surface area contributed by atoms with Crippen LogP contribution in [0.15, 0.2) is 18.5 Å². The van der Waals surface area contributed by atoms with Gasteiger partial charge in [-0.15, -0.1) is 0 Å². The van der Waals surface area contributed by atoms with Crippen LogP contribution in [-0.2, 0) is 0 Å². The molecule has 5 heteroatoms. The molecule has 70 valence electrons. The van der Waals surface area contributed by atoms with Gasteiger partial charge >= 0.3 is 5.38 Å². The summed E-state index contributed by atoms with van der Waals surface area (Å²) in [6.07, 6.45) is 2.52. The number of carbonyl (C=O) groups is 1. The van der Waals surface area contributed by atoms with E-state index in [1.165, 1.54) is 12.3 Å². The van der Waals surface area contributed by atoms with Gasteiger partial charge < -0.3 is 0 Å². The van der Waals surface area contributed by atoms with E-state index in [0.717, 1.165) is 6.20 Å². The maximum Gasteiger partial charge on any atom is 0.384 e. The predicted octanol–water partition coefficient (Wildman–Crippen LogP) is 2.40. The fourth-order valence-electron chi connectivity index (χ4n) is 0.843. The van der Waals surface area contributed by atoms with Crippen molar-refractivity contribution in [3.8, 4) is 0 Å². The number of hydrogen-bond donors (Lipinski definition) is 0. The average Bonchev–Trinajstić information content (AvgIpc) is 2.01. The van der Waals surface area contributed by atoms with Gasteiger partial charge in [0, 0.05) is 18.0 Å². The fourth-order valence-corrected chi connectivity index (χ4v) is 0.952. The molecule has 0 bridgehead atoms. The first-order valence-electron chi connectivity index (χ1n) is 3.44. The van der Waals surface area contributed by atoms with E-state index >= 15 is 0 Å². The van der Waals surface area contributed by atoms with Gasteiger partial charge in [-0.2, -0.15) is 8.78 Å². The zero-order valence-electron chi connectivity index (χ0n) is 6.72. The van der Waals surface area contributed by atoms with Crippen LogP contribution in [0, 0.1) is 6.92 Å². The molecule has 0 atom stereocenters. The van der Waals surface area contributed by atoms with Crippen molar-refractivity contribution in [2.24, 2.45) is 0 Å². The average molecular weight is 206 g/mol. The minimum absolute atomic E-state index is 0.181. The summed E-state index contributed by atoms with van der Waals surface area (Å²) in [6.45, 7) is 1.65. The van der Waals surface area contributed by atoms with Crippen LogP contribution < -0.4 is 0 Å². The number of rotatable bonds is 2. The Balaban J connectivity index is 3.03. The van der Waals surface area contributed by atoms with Crippen molar-refractivity contribution in [1.29, 1.82) is 0 Å². The van der Waals surface area contributed by atoms with E-state index in [0.29, 0.717) is 5.56 Å². The number of carbonyl (C=O) groups excluding carboxylic acids is 1. The Morgan fingerprint density at radius 3 is 2.62 bits per heavy atom. The van der Waals surface area contributed by atoms with Crippen LogP contribution in [0.25, 0.3) is 0 Å². The molecule has 0 aliphatic carbocycles. The predicted molar refractivity (Wildman–Crippen MR) is 44.1 cm³/mol. The third-order valence-corrected chi connectivity index (χ3v) is 1.57. The topological polar surface area (TPSA) is 30.0 Å². The maximum atomic E-state index is 12.3. The minimum atomic E-state index is -3.85. The lowest BCUT2D eigenvalue weighted by Gasteiger charge is -2.05. The molecule has 1 aromatic heterocycles. The third-order valence-electron chi connectivity index (χ3n) is 1.39. The van der Waals surface area contributed by atoms with Crippen LogP contribution in [0.1, 0.15) is 15.9 Å². The molecule has 0 spiro atoms. The highest BCUT2D eigenvalue weighted by molar-refractivity contribution is 6.35. The van der Waals surface area contributed by atoms with E-state index in [9.17, 15) is 13.6 Å². The van der Waals surface area contributed by atoms with Gasteiger partial charge in [0.05, 0.1) is 0 Å². The summed E-state index contributed by atoms with van der Waals surface area (Å²) in [5.74, 6) is -1.43. The SMILES string of the molecule is Cc1cncc(C(=O)C(F)(F)Cl)c1. The summed E-state index contributed by atoms with van der Waals surface area (Å²) in [5.41, 5.74) is 0.451. The molecule has 0 amide bonds. The molecule has 0 saturated heterocycles. The van der Waals surface area contributed by atoms with Crippen LogP contribution >= 0.6 is 11.6 Å². The molecule has 13 heavy (non-hydrogen) atoms. The third kappa shape index (κ3) is 2.45. The number of alkyl halides is 3. The van der Waals surface area contributed by atoms with E-state index in [1.807, 2.05) is 0 Å². The molecule has 0 aromatic carbocycles. The number of aryl methyl sites for hydroxylation is 1. The van der Waals surface area contributed by atoms with Crippen LogP contribution in [-0.4, -0.2) is 16.1 Å². The Labute approximate surface area is 78.5 Å². The quantitative estimate of drug-likeness (QED) is 0.548. The molecule has 2 nitrogen and oxygen atoms in total. The molecular weight excluding hydrogens is 200 g/mol. The lowest BCUT2D eigenvalue weighted by atomic mass is 10.1. The van der Waals surface area contributed by atoms with Crippen molar-refractivity contribution in [3.05, 3.63) is 29.6 Å². The fraction of sp³-hybridized carbons (Fsp3) is 0.250. The van der Waals surface area contributed by atoms with Crippen molar-refractivity contribution >= 4 is 17.4 Å². The summed E-state index contributed by atoms with van der Waals surface area (Å²) < 4.78 is 24.6. The second-order valence-corrected chi connectivity index (χ2v) is 3.05. The standard InChI is InChI=1S/C8H6ClF2NO/c1-5-2-6(4-12-3-5)7(13)8(9,10)11/h2-4H,1H3. The lowest BCUT2D eigenvalue weighted by molar-refractivity contribution is 0.0535. The van der Waals surface area contributed by atoms with Crippen LogP contribution in [0.2, 0.25) is 0 Å². The van der Waals surface area contributed by atoms with E-state index in [-0.39, 0.29) is 5.56 Å². The minimum Gasteiger partial charge on any atom is -0.286 e. The number of ketones is 1. The van der Waals surface area contributed by atoms with Crippen molar-refractivity contribution in [2.75, 3.05) is 0 Å².